The Labute approximate surface area is 99.4 Å². The van der Waals surface area contributed by atoms with E-state index in [1.165, 1.54) is 6.07 Å². The quantitative estimate of drug-likeness (QED) is 0.762. The predicted molar refractivity (Wildman–Crippen MR) is 63.3 cm³/mol. The summed E-state index contributed by atoms with van der Waals surface area (Å²) in [5.41, 5.74) is 1.45. The molecule has 5 heteroatoms. The van der Waals surface area contributed by atoms with Crippen molar-refractivity contribution in [2.75, 3.05) is 18.5 Å². The number of ether oxygens (including phenoxy) is 1. The van der Waals surface area contributed by atoms with Crippen molar-refractivity contribution in [3.63, 3.8) is 0 Å². The zero-order valence-electron chi connectivity index (χ0n) is 9.82. The van der Waals surface area contributed by atoms with Gasteiger partial charge in [0, 0.05) is 5.69 Å². The van der Waals surface area contributed by atoms with E-state index in [1.807, 2.05) is 0 Å². The molecular weight excluding hydrogens is 222 g/mol. The molecule has 0 aliphatic rings. The molecule has 92 valence electrons. The van der Waals surface area contributed by atoms with E-state index in [9.17, 15) is 9.59 Å². The van der Waals surface area contributed by atoms with Gasteiger partial charge in [0.25, 0.3) is 0 Å². The van der Waals surface area contributed by atoms with Gasteiger partial charge in [-0.25, -0.2) is 4.79 Å². The third-order valence-electron chi connectivity index (χ3n) is 2.29. The van der Waals surface area contributed by atoms with Crippen LogP contribution in [0.2, 0.25) is 0 Å². The van der Waals surface area contributed by atoms with Crippen molar-refractivity contribution in [2.45, 2.75) is 13.8 Å². The number of carboxylic acids is 1. The molecule has 0 spiro atoms. The Balaban J connectivity index is 2.75. The van der Waals surface area contributed by atoms with Gasteiger partial charge in [-0.15, -0.1) is 0 Å². The van der Waals surface area contributed by atoms with Gasteiger partial charge in [0.05, 0.1) is 12.2 Å². The molecule has 0 radical (unpaired) electrons. The maximum absolute atomic E-state index is 11.1. The lowest BCUT2D eigenvalue weighted by Gasteiger charge is -2.10. The van der Waals surface area contributed by atoms with Gasteiger partial charge < -0.3 is 15.2 Å². The van der Waals surface area contributed by atoms with Crippen molar-refractivity contribution < 1.29 is 19.4 Å². The van der Waals surface area contributed by atoms with E-state index in [0.29, 0.717) is 17.9 Å². The lowest BCUT2D eigenvalue weighted by Crippen LogP contribution is -2.17. The molecule has 2 N–H and O–H groups in total. The molecule has 0 aromatic heterocycles. The minimum absolute atomic E-state index is 0.0255. The summed E-state index contributed by atoms with van der Waals surface area (Å²) >= 11 is 0. The van der Waals surface area contributed by atoms with Crippen LogP contribution in [0.25, 0.3) is 0 Å². The molecule has 17 heavy (non-hydrogen) atoms. The van der Waals surface area contributed by atoms with E-state index in [4.69, 9.17) is 9.84 Å². The number of benzene rings is 1. The molecule has 0 fully saturated rings. The highest BCUT2D eigenvalue weighted by Gasteiger charge is 2.10. The van der Waals surface area contributed by atoms with Gasteiger partial charge in [-0.3, -0.25) is 4.79 Å². The SMILES string of the molecule is CCOC(=O)CNc1cccc(C(=O)O)c1C. The average molecular weight is 237 g/mol. The molecule has 0 saturated carbocycles. The van der Waals surface area contributed by atoms with Gasteiger partial charge in [-0.2, -0.15) is 0 Å². The van der Waals surface area contributed by atoms with Crippen LogP contribution in [0.5, 0.6) is 0 Å². The zero-order chi connectivity index (χ0) is 12.8. The van der Waals surface area contributed by atoms with Crippen molar-refractivity contribution in [3.05, 3.63) is 29.3 Å². The number of carbonyl (C=O) groups is 2. The van der Waals surface area contributed by atoms with Crippen LogP contribution in [0.15, 0.2) is 18.2 Å². The van der Waals surface area contributed by atoms with Crippen LogP contribution >= 0.6 is 0 Å². The van der Waals surface area contributed by atoms with Crippen molar-refractivity contribution in [3.8, 4) is 0 Å². The van der Waals surface area contributed by atoms with Crippen LogP contribution in [0.3, 0.4) is 0 Å². The van der Waals surface area contributed by atoms with Crippen molar-refractivity contribution in [2.24, 2.45) is 0 Å². The summed E-state index contributed by atoms with van der Waals surface area (Å²) in [6.07, 6.45) is 0. The summed E-state index contributed by atoms with van der Waals surface area (Å²) in [7, 11) is 0. The molecule has 5 nitrogen and oxygen atoms in total. The number of hydrogen-bond donors (Lipinski definition) is 2. The zero-order valence-corrected chi connectivity index (χ0v) is 9.82. The van der Waals surface area contributed by atoms with E-state index in [0.717, 1.165) is 0 Å². The normalized spacial score (nSPS) is 9.76. The molecule has 0 heterocycles. The summed E-state index contributed by atoms with van der Waals surface area (Å²) in [6, 6.07) is 4.87. The lowest BCUT2D eigenvalue weighted by atomic mass is 10.1. The summed E-state index contributed by atoms with van der Waals surface area (Å²) in [4.78, 5) is 22.0. The third kappa shape index (κ3) is 3.48. The number of nitrogens with one attached hydrogen (secondary N) is 1. The van der Waals surface area contributed by atoms with Crippen LogP contribution in [0, 0.1) is 6.92 Å². The molecule has 1 aromatic carbocycles. The highest BCUT2D eigenvalue weighted by Crippen LogP contribution is 2.18. The lowest BCUT2D eigenvalue weighted by molar-refractivity contribution is -0.140. The first kappa shape index (κ1) is 13.0. The molecule has 0 unspecified atom stereocenters. The Kier molecular flexibility index (Phi) is 4.51. The Bertz CT molecular complexity index is 429. The van der Waals surface area contributed by atoms with Crippen LogP contribution in [0.4, 0.5) is 5.69 Å². The first-order valence-corrected chi connectivity index (χ1v) is 5.28. The molecule has 0 saturated heterocycles. The predicted octanol–water partition coefficient (Wildman–Crippen LogP) is 1.67. The highest BCUT2D eigenvalue weighted by molar-refractivity contribution is 5.91. The Hall–Kier alpha value is -2.04. The second kappa shape index (κ2) is 5.89. The Morgan fingerprint density at radius 1 is 1.41 bits per heavy atom. The molecule has 1 aromatic rings. The van der Waals surface area contributed by atoms with Gasteiger partial charge in [0.1, 0.15) is 6.54 Å². The van der Waals surface area contributed by atoms with E-state index >= 15 is 0 Å². The summed E-state index contributed by atoms with van der Waals surface area (Å²) in [5, 5.41) is 11.8. The number of esters is 1. The van der Waals surface area contributed by atoms with Crippen molar-refractivity contribution >= 4 is 17.6 Å². The standard InChI is InChI=1S/C12H15NO4/c1-3-17-11(14)7-13-10-6-4-5-9(8(10)2)12(15)16/h4-6,13H,3,7H2,1-2H3,(H,15,16). The Morgan fingerprint density at radius 2 is 2.12 bits per heavy atom. The monoisotopic (exact) mass is 237 g/mol. The van der Waals surface area contributed by atoms with Crippen LogP contribution in [0.1, 0.15) is 22.8 Å². The number of anilines is 1. The largest absolute Gasteiger partial charge is 0.478 e. The fraction of sp³-hybridized carbons (Fsp3) is 0.333. The second-order valence-electron chi connectivity index (χ2n) is 3.44. The maximum atomic E-state index is 11.1. The number of aromatic carboxylic acids is 1. The minimum Gasteiger partial charge on any atom is -0.478 e. The maximum Gasteiger partial charge on any atom is 0.336 e. The molecular formula is C12H15NO4. The Morgan fingerprint density at radius 3 is 2.71 bits per heavy atom. The van der Waals surface area contributed by atoms with Crippen LogP contribution < -0.4 is 5.32 Å². The summed E-state index contributed by atoms with van der Waals surface area (Å²) < 4.78 is 4.76. The molecule has 0 aliphatic carbocycles. The first-order chi connectivity index (χ1) is 8.06. The van der Waals surface area contributed by atoms with Crippen LogP contribution in [-0.2, 0) is 9.53 Å². The first-order valence-electron chi connectivity index (χ1n) is 5.28. The van der Waals surface area contributed by atoms with E-state index in [2.05, 4.69) is 5.32 Å². The number of hydrogen-bond acceptors (Lipinski definition) is 4. The smallest absolute Gasteiger partial charge is 0.336 e. The fourth-order valence-electron chi connectivity index (χ4n) is 1.44. The number of rotatable bonds is 5. The minimum atomic E-state index is -0.984. The van der Waals surface area contributed by atoms with E-state index in [-0.39, 0.29) is 18.1 Å². The molecule has 1 rings (SSSR count). The second-order valence-corrected chi connectivity index (χ2v) is 3.44. The molecule has 0 atom stereocenters. The average Bonchev–Trinajstić information content (AvgIpc) is 2.27. The van der Waals surface area contributed by atoms with Crippen molar-refractivity contribution in [1.29, 1.82) is 0 Å². The van der Waals surface area contributed by atoms with Gasteiger partial charge in [-0.1, -0.05) is 6.07 Å². The van der Waals surface area contributed by atoms with E-state index < -0.39 is 5.97 Å². The van der Waals surface area contributed by atoms with Gasteiger partial charge >= 0.3 is 11.9 Å². The number of carbonyl (C=O) groups excluding carboxylic acids is 1. The van der Waals surface area contributed by atoms with Gasteiger partial charge in [0.2, 0.25) is 0 Å². The van der Waals surface area contributed by atoms with Gasteiger partial charge in [-0.05, 0) is 31.5 Å². The topological polar surface area (TPSA) is 75.6 Å². The van der Waals surface area contributed by atoms with E-state index in [1.54, 1.807) is 26.0 Å². The third-order valence-corrected chi connectivity index (χ3v) is 2.29. The molecule has 0 bridgehead atoms. The fourth-order valence-corrected chi connectivity index (χ4v) is 1.44. The molecule has 0 aliphatic heterocycles. The molecule has 0 amide bonds. The highest BCUT2D eigenvalue weighted by atomic mass is 16.5. The number of carboxylic acid groups (broad SMARTS) is 1. The van der Waals surface area contributed by atoms with Crippen molar-refractivity contribution in [1.82, 2.24) is 0 Å². The van der Waals surface area contributed by atoms with Gasteiger partial charge in [0.15, 0.2) is 0 Å². The van der Waals surface area contributed by atoms with Crippen LogP contribution in [-0.4, -0.2) is 30.2 Å². The summed E-state index contributed by atoms with van der Waals surface area (Å²) in [5.74, 6) is -1.35. The summed E-state index contributed by atoms with van der Waals surface area (Å²) in [6.45, 7) is 3.78.